The molecule has 0 aliphatic carbocycles. The number of para-hydroxylation sites is 1. The predicted octanol–water partition coefficient (Wildman–Crippen LogP) is 4.24. The number of methoxy groups -OCH3 is 1. The Balaban J connectivity index is 2.43. The van der Waals surface area contributed by atoms with Gasteiger partial charge in [-0.1, -0.05) is 25.1 Å². The van der Waals surface area contributed by atoms with Crippen molar-refractivity contribution in [2.75, 3.05) is 7.11 Å². The fourth-order valence-electron chi connectivity index (χ4n) is 2.09. The standard InChI is InChI=1S/C17H19FO3/c1-4-12-8-9-15(16(10-12)20-3)21-17-13(11(2)19)6-5-7-14(17)18/h5-11,19H,4H2,1-3H3. The summed E-state index contributed by atoms with van der Waals surface area (Å²) in [6.07, 6.45) is 0.0477. The maximum Gasteiger partial charge on any atom is 0.169 e. The van der Waals surface area contributed by atoms with Gasteiger partial charge in [-0.2, -0.15) is 0 Å². The Morgan fingerprint density at radius 2 is 1.95 bits per heavy atom. The summed E-state index contributed by atoms with van der Waals surface area (Å²) < 4.78 is 25.0. The van der Waals surface area contributed by atoms with Gasteiger partial charge in [0.15, 0.2) is 23.1 Å². The number of aliphatic hydroxyl groups excluding tert-OH is 1. The van der Waals surface area contributed by atoms with Crippen LogP contribution in [-0.4, -0.2) is 12.2 Å². The fraction of sp³-hybridized carbons (Fsp3) is 0.294. The number of hydrogen-bond donors (Lipinski definition) is 1. The van der Waals surface area contributed by atoms with E-state index in [1.54, 1.807) is 32.2 Å². The molecule has 112 valence electrons. The summed E-state index contributed by atoms with van der Waals surface area (Å²) in [6, 6.07) is 9.99. The minimum Gasteiger partial charge on any atom is -0.493 e. The minimum atomic E-state index is -0.823. The van der Waals surface area contributed by atoms with Crippen molar-refractivity contribution in [2.24, 2.45) is 0 Å². The van der Waals surface area contributed by atoms with E-state index in [4.69, 9.17) is 9.47 Å². The van der Waals surface area contributed by atoms with E-state index < -0.39 is 11.9 Å². The normalized spacial score (nSPS) is 12.0. The van der Waals surface area contributed by atoms with Crippen LogP contribution in [0.5, 0.6) is 17.2 Å². The largest absolute Gasteiger partial charge is 0.493 e. The summed E-state index contributed by atoms with van der Waals surface area (Å²) in [6.45, 7) is 3.61. The van der Waals surface area contributed by atoms with Crippen molar-refractivity contribution in [1.82, 2.24) is 0 Å². The summed E-state index contributed by atoms with van der Waals surface area (Å²) in [7, 11) is 1.54. The average Bonchev–Trinajstić information content (AvgIpc) is 2.49. The van der Waals surface area contributed by atoms with Crippen molar-refractivity contribution >= 4 is 0 Å². The van der Waals surface area contributed by atoms with Crippen LogP contribution in [0.3, 0.4) is 0 Å². The van der Waals surface area contributed by atoms with Gasteiger partial charge in [-0.3, -0.25) is 0 Å². The Hall–Kier alpha value is -2.07. The Morgan fingerprint density at radius 3 is 2.57 bits per heavy atom. The zero-order valence-electron chi connectivity index (χ0n) is 12.4. The first-order chi connectivity index (χ1) is 10.1. The van der Waals surface area contributed by atoms with Crippen LogP contribution in [0.2, 0.25) is 0 Å². The van der Waals surface area contributed by atoms with Crippen LogP contribution in [0, 0.1) is 5.82 Å². The van der Waals surface area contributed by atoms with Crippen molar-refractivity contribution < 1.29 is 19.0 Å². The second kappa shape index (κ2) is 6.59. The molecule has 0 saturated heterocycles. The van der Waals surface area contributed by atoms with Gasteiger partial charge in [-0.15, -0.1) is 0 Å². The van der Waals surface area contributed by atoms with Gasteiger partial charge >= 0.3 is 0 Å². The molecule has 0 aromatic heterocycles. The lowest BCUT2D eigenvalue weighted by atomic mass is 10.1. The van der Waals surface area contributed by atoms with E-state index in [9.17, 15) is 9.50 Å². The molecule has 0 aliphatic rings. The van der Waals surface area contributed by atoms with Crippen LogP contribution in [-0.2, 0) is 6.42 Å². The molecular formula is C17H19FO3. The molecule has 0 amide bonds. The Morgan fingerprint density at radius 1 is 1.19 bits per heavy atom. The quantitative estimate of drug-likeness (QED) is 0.895. The van der Waals surface area contributed by atoms with Crippen molar-refractivity contribution in [3.05, 3.63) is 53.3 Å². The minimum absolute atomic E-state index is 0.0232. The molecule has 1 atom stereocenters. The van der Waals surface area contributed by atoms with Crippen LogP contribution in [0.4, 0.5) is 4.39 Å². The lowest BCUT2D eigenvalue weighted by Crippen LogP contribution is -2.00. The molecule has 0 heterocycles. The van der Waals surface area contributed by atoms with Crippen molar-refractivity contribution in [3.8, 4) is 17.2 Å². The van der Waals surface area contributed by atoms with E-state index in [0.29, 0.717) is 17.1 Å². The molecule has 21 heavy (non-hydrogen) atoms. The molecular weight excluding hydrogens is 271 g/mol. The van der Waals surface area contributed by atoms with E-state index in [0.717, 1.165) is 12.0 Å². The first-order valence-electron chi connectivity index (χ1n) is 6.88. The van der Waals surface area contributed by atoms with E-state index in [2.05, 4.69) is 0 Å². The number of benzene rings is 2. The first-order valence-corrected chi connectivity index (χ1v) is 6.88. The SMILES string of the molecule is CCc1ccc(Oc2c(F)cccc2C(C)O)c(OC)c1. The maximum absolute atomic E-state index is 14.0. The van der Waals surface area contributed by atoms with Crippen LogP contribution >= 0.6 is 0 Å². The Bertz CT molecular complexity index is 623. The Labute approximate surface area is 124 Å². The molecule has 0 aliphatic heterocycles. The van der Waals surface area contributed by atoms with E-state index in [1.165, 1.54) is 6.07 Å². The lowest BCUT2D eigenvalue weighted by Gasteiger charge is -2.16. The van der Waals surface area contributed by atoms with Crippen molar-refractivity contribution in [1.29, 1.82) is 0 Å². The molecule has 2 aromatic rings. The lowest BCUT2D eigenvalue weighted by molar-refractivity contribution is 0.194. The van der Waals surface area contributed by atoms with E-state index >= 15 is 0 Å². The fourth-order valence-corrected chi connectivity index (χ4v) is 2.09. The number of halogens is 1. The molecule has 0 bridgehead atoms. The smallest absolute Gasteiger partial charge is 0.169 e. The van der Waals surface area contributed by atoms with E-state index in [-0.39, 0.29) is 5.75 Å². The summed E-state index contributed by atoms with van der Waals surface area (Å²) in [5.41, 5.74) is 1.50. The molecule has 4 heteroatoms. The third kappa shape index (κ3) is 3.34. The van der Waals surface area contributed by atoms with Gasteiger partial charge in [0.05, 0.1) is 13.2 Å². The number of rotatable bonds is 5. The highest BCUT2D eigenvalue weighted by Gasteiger charge is 2.16. The van der Waals surface area contributed by atoms with E-state index in [1.807, 2.05) is 19.1 Å². The highest BCUT2D eigenvalue weighted by atomic mass is 19.1. The molecule has 0 spiro atoms. The second-order valence-corrected chi connectivity index (χ2v) is 4.77. The van der Waals surface area contributed by atoms with Gasteiger partial charge in [0.1, 0.15) is 0 Å². The van der Waals surface area contributed by atoms with Gasteiger partial charge < -0.3 is 14.6 Å². The number of hydrogen-bond acceptors (Lipinski definition) is 3. The topological polar surface area (TPSA) is 38.7 Å². The summed E-state index contributed by atoms with van der Waals surface area (Å²) in [5.74, 6) is 0.459. The molecule has 1 unspecified atom stereocenters. The van der Waals surface area contributed by atoms with Crippen molar-refractivity contribution in [3.63, 3.8) is 0 Å². The number of aryl methyl sites for hydroxylation is 1. The molecule has 1 N–H and O–H groups in total. The molecule has 0 fully saturated rings. The van der Waals surface area contributed by atoms with Gasteiger partial charge in [-0.25, -0.2) is 4.39 Å². The molecule has 3 nitrogen and oxygen atoms in total. The second-order valence-electron chi connectivity index (χ2n) is 4.77. The zero-order chi connectivity index (χ0) is 15.4. The van der Waals surface area contributed by atoms with Crippen LogP contribution in [0.15, 0.2) is 36.4 Å². The molecule has 0 radical (unpaired) electrons. The van der Waals surface area contributed by atoms with Crippen LogP contribution < -0.4 is 9.47 Å². The summed E-state index contributed by atoms with van der Waals surface area (Å²) in [4.78, 5) is 0. The third-order valence-corrected chi connectivity index (χ3v) is 3.30. The van der Waals surface area contributed by atoms with Gasteiger partial charge in [0, 0.05) is 5.56 Å². The van der Waals surface area contributed by atoms with Crippen molar-refractivity contribution in [2.45, 2.75) is 26.4 Å². The maximum atomic E-state index is 14.0. The number of ether oxygens (including phenoxy) is 2. The predicted molar refractivity (Wildman–Crippen MR) is 79.5 cm³/mol. The monoisotopic (exact) mass is 290 g/mol. The Kier molecular flexibility index (Phi) is 4.81. The van der Waals surface area contributed by atoms with Gasteiger partial charge in [0.2, 0.25) is 0 Å². The summed E-state index contributed by atoms with van der Waals surface area (Å²) >= 11 is 0. The molecule has 2 rings (SSSR count). The number of aliphatic hydroxyl groups is 1. The molecule has 2 aromatic carbocycles. The average molecular weight is 290 g/mol. The highest BCUT2D eigenvalue weighted by Crippen LogP contribution is 2.37. The molecule has 0 saturated carbocycles. The first kappa shape index (κ1) is 15.3. The third-order valence-electron chi connectivity index (χ3n) is 3.30. The van der Waals surface area contributed by atoms with Crippen LogP contribution in [0.25, 0.3) is 0 Å². The highest BCUT2D eigenvalue weighted by molar-refractivity contribution is 5.47. The summed E-state index contributed by atoms with van der Waals surface area (Å²) in [5, 5.41) is 9.74. The van der Waals surface area contributed by atoms with Gasteiger partial charge in [-0.05, 0) is 37.1 Å². The van der Waals surface area contributed by atoms with Crippen LogP contribution in [0.1, 0.15) is 31.1 Å². The van der Waals surface area contributed by atoms with Gasteiger partial charge in [0.25, 0.3) is 0 Å². The zero-order valence-corrected chi connectivity index (χ0v) is 12.4.